The zero-order valence-corrected chi connectivity index (χ0v) is 18.2. The SMILES string of the molecule is Cc1csc2nc(CC(=O)NCc3ccc4c(c3)C(=O)N(C3CCC(=O)NC3=O)C4)cn12. The number of imidazole rings is 1. The van der Waals surface area contributed by atoms with E-state index in [1.165, 1.54) is 16.2 Å². The predicted molar refractivity (Wildman–Crippen MR) is 116 cm³/mol. The first-order chi connectivity index (χ1) is 15.4. The number of thiazole rings is 1. The number of rotatable bonds is 5. The first kappa shape index (κ1) is 20.4. The number of aromatic nitrogens is 2. The second kappa shape index (κ2) is 7.86. The van der Waals surface area contributed by atoms with E-state index in [1.807, 2.05) is 35.0 Å². The van der Waals surface area contributed by atoms with Crippen molar-refractivity contribution in [1.29, 1.82) is 0 Å². The fraction of sp³-hybridized carbons (Fsp3) is 0.318. The van der Waals surface area contributed by atoms with Crippen molar-refractivity contribution in [3.63, 3.8) is 0 Å². The fourth-order valence-corrected chi connectivity index (χ4v) is 5.03. The van der Waals surface area contributed by atoms with Gasteiger partial charge in [0.15, 0.2) is 4.96 Å². The van der Waals surface area contributed by atoms with E-state index in [2.05, 4.69) is 15.6 Å². The number of hydrogen-bond acceptors (Lipinski definition) is 6. The highest BCUT2D eigenvalue weighted by Gasteiger charge is 2.39. The van der Waals surface area contributed by atoms with Gasteiger partial charge >= 0.3 is 0 Å². The number of nitrogens with zero attached hydrogens (tertiary/aromatic N) is 3. The summed E-state index contributed by atoms with van der Waals surface area (Å²) in [5.41, 5.74) is 3.96. The van der Waals surface area contributed by atoms with Crippen LogP contribution in [0, 0.1) is 6.92 Å². The number of piperidine rings is 1. The lowest BCUT2D eigenvalue weighted by Crippen LogP contribution is -2.52. The molecule has 32 heavy (non-hydrogen) atoms. The van der Waals surface area contributed by atoms with Crippen LogP contribution in [0.15, 0.2) is 29.8 Å². The highest BCUT2D eigenvalue weighted by Crippen LogP contribution is 2.28. The molecule has 1 atom stereocenters. The minimum Gasteiger partial charge on any atom is -0.352 e. The summed E-state index contributed by atoms with van der Waals surface area (Å²) in [7, 11) is 0. The molecule has 2 aliphatic rings. The molecule has 164 valence electrons. The molecular weight excluding hydrogens is 430 g/mol. The minimum atomic E-state index is -0.635. The molecule has 1 saturated heterocycles. The first-order valence-electron chi connectivity index (χ1n) is 10.3. The minimum absolute atomic E-state index is 0.148. The third-order valence-corrected chi connectivity index (χ3v) is 6.82. The Kier molecular flexibility index (Phi) is 5.01. The van der Waals surface area contributed by atoms with Crippen molar-refractivity contribution >= 4 is 39.9 Å². The predicted octanol–water partition coefficient (Wildman–Crippen LogP) is 1.32. The summed E-state index contributed by atoms with van der Waals surface area (Å²) in [5, 5.41) is 7.20. The average molecular weight is 452 g/mol. The second-order valence-electron chi connectivity index (χ2n) is 8.11. The molecule has 1 aromatic carbocycles. The molecule has 0 spiro atoms. The molecule has 2 N–H and O–H groups in total. The molecule has 0 saturated carbocycles. The van der Waals surface area contributed by atoms with Crippen LogP contribution in [0.2, 0.25) is 0 Å². The van der Waals surface area contributed by atoms with Crippen LogP contribution in [0.5, 0.6) is 0 Å². The smallest absolute Gasteiger partial charge is 0.255 e. The lowest BCUT2D eigenvalue weighted by Gasteiger charge is -2.29. The Hall–Kier alpha value is -3.53. The molecule has 1 unspecified atom stereocenters. The fourth-order valence-electron chi connectivity index (χ4n) is 4.17. The molecule has 9 nitrogen and oxygen atoms in total. The first-order valence-corrected chi connectivity index (χ1v) is 11.2. The lowest BCUT2D eigenvalue weighted by atomic mass is 10.0. The Labute approximate surface area is 187 Å². The van der Waals surface area contributed by atoms with E-state index >= 15 is 0 Å². The van der Waals surface area contributed by atoms with Gasteiger partial charge in [-0.3, -0.25) is 28.9 Å². The molecule has 2 aliphatic heterocycles. The van der Waals surface area contributed by atoms with Crippen LogP contribution in [0.4, 0.5) is 0 Å². The van der Waals surface area contributed by atoms with Gasteiger partial charge in [0.2, 0.25) is 17.7 Å². The number of hydrogen-bond donors (Lipinski definition) is 2. The Morgan fingerprint density at radius 3 is 2.94 bits per heavy atom. The number of aryl methyl sites for hydroxylation is 1. The number of carbonyl (C=O) groups is 4. The van der Waals surface area contributed by atoms with Crippen molar-refractivity contribution in [2.24, 2.45) is 0 Å². The van der Waals surface area contributed by atoms with Gasteiger partial charge in [-0.25, -0.2) is 4.98 Å². The largest absolute Gasteiger partial charge is 0.352 e. The van der Waals surface area contributed by atoms with Crippen molar-refractivity contribution in [2.75, 3.05) is 0 Å². The van der Waals surface area contributed by atoms with Gasteiger partial charge in [0.05, 0.1) is 12.1 Å². The van der Waals surface area contributed by atoms with Crippen molar-refractivity contribution < 1.29 is 19.2 Å². The molecule has 3 aromatic rings. The van der Waals surface area contributed by atoms with Crippen LogP contribution >= 0.6 is 11.3 Å². The molecule has 1 fully saturated rings. The van der Waals surface area contributed by atoms with Crippen LogP contribution in [-0.2, 0) is 33.9 Å². The third-order valence-electron chi connectivity index (χ3n) is 5.86. The summed E-state index contributed by atoms with van der Waals surface area (Å²) in [6.07, 6.45) is 2.61. The Morgan fingerprint density at radius 2 is 2.16 bits per heavy atom. The molecule has 10 heteroatoms. The standard InChI is InChI=1S/C22H21N5O4S/c1-12-11-32-22-24-15(10-26(12)22)7-19(29)23-8-13-2-3-14-9-27(21(31)16(14)6-13)17-4-5-18(28)25-20(17)30/h2-3,6,10-11,17H,4-5,7-9H2,1H3,(H,23,29)(H,25,28,30). The zero-order chi connectivity index (χ0) is 22.4. The summed E-state index contributed by atoms with van der Waals surface area (Å²) < 4.78 is 1.97. The van der Waals surface area contributed by atoms with Gasteiger partial charge in [-0.15, -0.1) is 11.3 Å². The van der Waals surface area contributed by atoms with Gasteiger partial charge in [-0.2, -0.15) is 0 Å². The molecule has 0 radical (unpaired) electrons. The lowest BCUT2D eigenvalue weighted by molar-refractivity contribution is -0.137. The maximum Gasteiger partial charge on any atom is 0.255 e. The number of imide groups is 1. The van der Waals surface area contributed by atoms with Crippen LogP contribution in [0.1, 0.15) is 45.7 Å². The van der Waals surface area contributed by atoms with Gasteiger partial charge in [-0.05, 0) is 30.5 Å². The molecule has 0 bridgehead atoms. The molecule has 5 rings (SSSR count). The summed E-state index contributed by atoms with van der Waals surface area (Å²) in [6, 6.07) is 4.85. The maximum atomic E-state index is 12.9. The normalized spacial score (nSPS) is 18.2. The van der Waals surface area contributed by atoms with E-state index in [1.54, 1.807) is 6.07 Å². The number of nitrogens with one attached hydrogen (secondary N) is 2. The van der Waals surface area contributed by atoms with Crippen molar-refractivity contribution in [2.45, 2.75) is 45.3 Å². The van der Waals surface area contributed by atoms with Crippen LogP contribution in [0.3, 0.4) is 0 Å². The topological polar surface area (TPSA) is 113 Å². The highest BCUT2D eigenvalue weighted by atomic mass is 32.1. The molecule has 4 amide bonds. The average Bonchev–Trinajstić information content (AvgIpc) is 3.41. The van der Waals surface area contributed by atoms with Crippen molar-refractivity contribution in [3.05, 3.63) is 57.9 Å². The number of benzene rings is 1. The Morgan fingerprint density at radius 1 is 1.31 bits per heavy atom. The van der Waals surface area contributed by atoms with Crippen molar-refractivity contribution in [3.8, 4) is 0 Å². The van der Waals surface area contributed by atoms with E-state index in [9.17, 15) is 19.2 Å². The summed E-state index contributed by atoms with van der Waals surface area (Å²) >= 11 is 1.54. The van der Waals surface area contributed by atoms with Gasteiger partial charge in [0.25, 0.3) is 5.91 Å². The number of amides is 4. The monoisotopic (exact) mass is 451 g/mol. The molecule has 2 aromatic heterocycles. The van der Waals surface area contributed by atoms with E-state index in [4.69, 9.17) is 0 Å². The van der Waals surface area contributed by atoms with E-state index in [0.29, 0.717) is 30.8 Å². The van der Waals surface area contributed by atoms with E-state index in [0.717, 1.165) is 21.8 Å². The second-order valence-corrected chi connectivity index (χ2v) is 8.94. The van der Waals surface area contributed by atoms with Gasteiger partial charge in [0.1, 0.15) is 6.04 Å². The van der Waals surface area contributed by atoms with Gasteiger partial charge < -0.3 is 10.2 Å². The zero-order valence-electron chi connectivity index (χ0n) is 17.4. The van der Waals surface area contributed by atoms with Crippen LogP contribution < -0.4 is 10.6 Å². The quantitative estimate of drug-likeness (QED) is 0.568. The molecule has 4 heterocycles. The van der Waals surface area contributed by atoms with E-state index < -0.39 is 11.9 Å². The summed E-state index contributed by atoms with van der Waals surface area (Å²) in [6.45, 7) is 2.62. The maximum absolute atomic E-state index is 12.9. The molecule has 0 aliphatic carbocycles. The summed E-state index contributed by atoms with van der Waals surface area (Å²) in [4.78, 5) is 55.7. The van der Waals surface area contributed by atoms with Crippen LogP contribution in [0.25, 0.3) is 4.96 Å². The van der Waals surface area contributed by atoms with Crippen LogP contribution in [-0.4, -0.2) is 44.0 Å². The van der Waals surface area contributed by atoms with E-state index in [-0.39, 0.29) is 30.6 Å². The Bertz CT molecular complexity index is 1280. The molecular formula is C22H21N5O4S. The highest BCUT2D eigenvalue weighted by molar-refractivity contribution is 7.15. The number of carbonyl (C=O) groups excluding carboxylic acids is 4. The summed E-state index contributed by atoms with van der Waals surface area (Å²) in [5.74, 6) is -1.11. The third kappa shape index (κ3) is 3.66. The number of fused-ring (bicyclic) bond motifs is 2. The van der Waals surface area contributed by atoms with Gasteiger partial charge in [0, 0.05) is 42.3 Å². The van der Waals surface area contributed by atoms with Gasteiger partial charge in [-0.1, -0.05) is 12.1 Å². The van der Waals surface area contributed by atoms with Crippen molar-refractivity contribution in [1.82, 2.24) is 24.9 Å². The Balaban J connectivity index is 1.22.